The number of anilines is 1. The number of aliphatic imine (C=N–C) groups is 1. The van der Waals surface area contributed by atoms with Crippen molar-refractivity contribution in [3.05, 3.63) is 59.1 Å². The number of nitrogens with one attached hydrogen (secondary N) is 1. The molecule has 0 unspecified atom stereocenters. The molecule has 0 saturated carbocycles. The number of amidine groups is 1. The smallest absolute Gasteiger partial charge is 0.311 e. The minimum Gasteiger partial charge on any atom is -0.463 e. The maximum absolute atomic E-state index is 12.3. The summed E-state index contributed by atoms with van der Waals surface area (Å²) in [5.41, 5.74) is 1.17. The zero-order valence-corrected chi connectivity index (χ0v) is 17.3. The number of sulfonamides is 1. The molecule has 1 saturated heterocycles. The summed E-state index contributed by atoms with van der Waals surface area (Å²) < 4.78 is 31.8. The van der Waals surface area contributed by atoms with Gasteiger partial charge in [-0.05, 0) is 36.4 Å². The molecule has 2 aromatic rings. The van der Waals surface area contributed by atoms with Crippen molar-refractivity contribution in [3.63, 3.8) is 0 Å². The molecule has 4 rings (SSSR count). The van der Waals surface area contributed by atoms with E-state index in [0.717, 1.165) is 0 Å². The van der Waals surface area contributed by atoms with Crippen molar-refractivity contribution in [3.8, 4) is 0 Å². The van der Waals surface area contributed by atoms with Gasteiger partial charge in [-0.1, -0.05) is 23.7 Å². The van der Waals surface area contributed by atoms with Crippen molar-refractivity contribution < 1.29 is 22.7 Å². The van der Waals surface area contributed by atoms with Crippen LogP contribution in [0.2, 0.25) is 5.02 Å². The summed E-state index contributed by atoms with van der Waals surface area (Å²) in [5.74, 6) is -0.970. The van der Waals surface area contributed by atoms with E-state index in [0.29, 0.717) is 16.3 Å². The highest BCUT2D eigenvalue weighted by Gasteiger charge is 2.36. The SMILES string of the molecule is O=C(OCCN=C1NS(=O)(=O)c2ccccc21)[C@@H]1CC(=O)N(c2ccc(Cl)cc2)C1. The van der Waals surface area contributed by atoms with E-state index in [9.17, 15) is 18.0 Å². The van der Waals surface area contributed by atoms with Crippen LogP contribution in [0.5, 0.6) is 0 Å². The van der Waals surface area contributed by atoms with Gasteiger partial charge >= 0.3 is 5.97 Å². The molecule has 2 aliphatic heterocycles. The summed E-state index contributed by atoms with van der Waals surface area (Å²) in [6, 6.07) is 13.3. The summed E-state index contributed by atoms with van der Waals surface area (Å²) in [7, 11) is -3.60. The predicted molar refractivity (Wildman–Crippen MR) is 111 cm³/mol. The van der Waals surface area contributed by atoms with Crippen LogP contribution in [0.3, 0.4) is 0 Å². The highest BCUT2D eigenvalue weighted by Crippen LogP contribution is 2.27. The molecule has 1 fully saturated rings. The van der Waals surface area contributed by atoms with Crippen LogP contribution in [0, 0.1) is 5.92 Å². The van der Waals surface area contributed by atoms with Gasteiger partial charge in [-0.2, -0.15) is 0 Å². The molecule has 156 valence electrons. The van der Waals surface area contributed by atoms with E-state index in [1.165, 1.54) is 11.0 Å². The van der Waals surface area contributed by atoms with E-state index in [4.69, 9.17) is 16.3 Å². The molecule has 2 aliphatic rings. The van der Waals surface area contributed by atoms with Gasteiger partial charge in [0.1, 0.15) is 12.4 Å². The number of amides is 1. The number of rotatable bonds is 5. The summed E-state index contributed by atoms with van der Waals surface area (Å²) in [4.78, 5) is 30.5. The second kappa shape index (κ2) is 8.08. The summed E-state index contributed by atoms with van der Waals surface area (Å²) in [6.07, 6.45) is 0.0726. The van der Waals surface area contributed by atoms with Crippen LogP contribution in [0.25, 0.3) is 0 Å². The van der Waals surface area contributed by atoms with Gasteiger partial charge in [-0.3, -0.25) is 19.3 Å². The van der Waals surface area contributed by atoms with Crippen LogP contribution in [0.1, 0.15) is 12.0 Å². The number of carbonyl (C=O) groups excluding carboxylic acids is 2. The van der Waals surface area contributed by atoms with Crippen LogP contribution >= 0.6 is 11.6 Å². The van der Waals surface area contributed by atoms with E-state index in [1.54, 1.807) is 42.5 Å². The molecular weight excluding hydrogens is 430 g/mol. The van der Waals surface area contributed by atoms with Gasteiger partial charge in [-0.25, -0.2) is 8.42 Å². The maximum atomic E-state index is 12.3. The van der Waals surface area contributed by atoms with Gasteiger partial charge < -0.3 is 9.64 Å². The predicted octanol–water partition coefficient (Wildman–Crippen LogP) is 1.97. The monoisotopic (exact) mass is 447 g/mol. The quantitative estimate of drug-likeness (QED) is 0.557. The summed E-state index contributed by atoms with van der Waals surface area (Å²) in [5, 5.41) is 0.565. The highest BCUT2D eigenvalue weighted by molar-refractivity contribution is 7.90. The second-order valence-electron chi connectivity index (χ2n) is 6.88. The Morgan fingerprint density at radius 2 is 1.93 bits per heavy atom. The summed E-state index contributed by atoms with van der Waals surface area (Å²) >= 11 is 5.87. The second-order valence-corrected chi connectivity index (χ2v) is 8.97. The van der Waals surface area contributed by atoms with Gasteiger partial charge in [-0.15, -0.1) is 0 Å². The summed E-state index contributed by atoms with van der Waals surface area (Å²) in [6.45, 7) is 0.318. The Morgan fingerprint density at radius 3 is 2.70 bits per heavy atom. The largest absolute Gasteiger partial charge is 0.463 e. The average molecular weight is 448 g/mol. The Bertz CT molecular complexity index is 1130. The molecule has 0 aromatic heterocycles. The van der Waals surface area contributed by atoms with Crippen molar-refractivity contribution in [1.29, 1.82) is 0 Å². The fourth-order valence-electron chi connectivity index (χ4n) is 3.41. The van der Waals surface area contributed by atoms with E-state index in [-0.39, 0.29) is 42.8 Å². The third-order valence-electron chi connectivity index (χ3n) is 4.86. The zero-order chi connectivity index (χ0) is 21.3. The lowest BCUT2D eigenvalue weighted by Gasteiger charge is -2.16. The number of esters is 1. The average Bonchev–Trinajstić information content (AvgIpc) is 3.23. The molecule has 0 radical (unpaired) electrons. The first-order valence-corrected chi connectivity index (χ1v) is 11.1. The number of ether oxygens (including phenoxy) is 1. The van der Waals surface area contributed by atoms with Crippen LogP contribution in [-0.2, 0) is 24.3 Å². The molecule has 0 bridgehead atoms. The first-order valence-electron chi connectivity index (χ1n) is 9.24. The zero-order valence-electron chi connectivity index (χ0n) is 15.7. The van der Waals surface area contributed by atoms with Crippen molar-refractivity contribution >= 4 is 45.0 Å². The number of hydrogen-bond acceptors (Lipinski definition) is 6. The van der Waals surface area contributed by atoms with Crippen LogP contribution in [-0.4, -0.2) is 45.8 Å². The fraction of sp³-hybridized carbons (Fsp3) is 0.250. The van der Waals surface area contributed by atoms with Gasteiger partial charge in [0, 0.05) is 29.2 Å². The molecule has 8 nitrogen and oxygen atoms in total. The fourth-order valence-corrected chi connectivity index (χ4v) is 4.79. The normalized spacial score (nSPS) is 20.8. The van der Waals surface area contributed by atoms with Crippen LogP contribution in [0.4, 0.5) is 5.69 Å². The lowest BCUT2D eigenvalue weighted by atomic mass is 10.1. The molecule has 1 atom stereocenters. The molecule has 1 amide bonds. The number of benzene rings is 2. The third kappa shape index (κ3) is 4.03. The number of fused-ring (bicyclic) bond motifs is 1. The number of hydrogen-bond donors (Lipinski definition) is 1. The van der Waals surface area contributed by atoms with Crippen LogP contribution < -0.4 is 9.62 Å². The first-order chi connectivity index (χ1) is 14.3. The Labute approximate surface area is 178 Å². The Kier molecular flexibility index (Phi) is 5.48. The molecule has 2 heterocycles. The molecular formula is C20H18ClN3O5S. The molecule has 0 spiro atoms. The molecule has 30 heavy (non-hydrogen) atoms. The van der Waals surface area contributed by atoms with E-state index >= 15 is 0 Å². The van der Waals surface area contributed by atoms with E-state index in [2.05, 4.69) is 9.71 Å². The number of halogens is 1. The van der Waals surface area contributed by atoms with Gasteiger partial charge in [0.2, 0.25) is 5.91 Å². The standard InChI is InChI=1S/C20H18ClN3O5S/c21-14-5-7-15(8-6-14)24-12-13(11-18(24)25)20(26)29-10-9-22-19-16-3-1-2-4-17(16)30(27,28)23-19/h1-8,13H,9-12H2,(H,22,23)/t13-/m1/s1. The van der Waals surface area contributed by atoms with Gasteiger partial charge in [0.25, 0.3) is 10.0 Å². The molecule has 1 N–H and O–H groups in total. The lowest BCUT2D eigenvalue weighted by Crippen LogP contribution is -2.26. The molecule has 10 heteroatoms. The number of nitrogens with zero attached hydrogens (tertiary/aromatic N) is 2. The Hall–Kier alpha value is -2.91. The molecule has 2 aromatic carbocycles. The van der Waals surface area contributed by atoms with E-state index in [1.807, 2.05) is 0 Å². The van der Waals surface area contributed by atoms with Crippen molar-refractivity contribution in [1.82, 2.24) is 4.72 Å². The van der Waals surface area contributed by atoms with Gasteiger partial charge in [0.05, 0.1) is 17.4 Å². The third-order valence-corrected chi connectivity index (χ3v) is 6.51. The minimum atomic E-state index is -3.60. The van der Waals surface area contributed by atoms with Crippen LogP contribution in [0.15, 0.2) is 58.4 Å². The van der Waals surface area contributed by atoms with Crippen molar-refractivity contribution in [2.24, 2.45) is 10.9 Å². The van der Waals surface area contributed by atoms with Crippen molar-refractivity contribution in [2.75, 3.05) is 24.6 Å². The number of carbonyl (C=O) groups is 2. The maximum Gasteiger partial charge on any atom is 0.311 e. The Morgan fingerprint density at radius 1 is 1.20 bits per heavy atom. The first kappa shape index (κ1) is 20.4. The minimum absolute atomic E-state index is 0.0160. The topological polar surface area (TPSA) is 105 Å². The van der Waals surface area contributed by atoms with E-state index < -0.39 is 21.9 Å². The highest BCUT2D eigenvalue weighted by atomic mass is 35.5. The molecule has 0 aliphatic carbocycles. The van der Waals surface area contributed by atoms with Gasteiger partial charge in [0.15, 0.2) is 0 Å². The lowest BCUT2D eigenvalue weighted by molar-refractivity contribution is -0.148. The van der Waals surface area contributed by atoms with Crippen molar-refractivity contribution in [2.45, 2.75) is 11.3 Å². The Balaban J connectivity index is 1.32.